The largest absolute Gasteiger partial charge is 0.485 e. The molecular formula is C15H21N3O2. The molecule has 5 nitrogen and oxygen atoms in total. The molecule has 5 heteroatoms. The van der Waals surface area contributed by atoms with Crippen molar-refractivity contribution in [3.8, 4) is 5.75 Å². The molecule has 2 rings (SSSR count). The molecule has 0 aliphatic rings. The number of aryl methyl sites for hydroxylation is 1. The van der Waals surface area contributed by atoms with E-state index >= 15 is 0 Å². The molecule has 2 aromatic rings. The Balaban J connectivity index is 2.17. The van der Waals surface area contributed by atoms with Gasteiger partial charge in [-0.1, -0.05) is 11.6 Å². The van der Waals surface area contributed by atoms with Gasteiger partial charge >= 0.3 is 0 Å². The fourth-order valence-electron chi connectivity index (χ4n) is 2.08. The minimum Gasteiger partial charge on any atom is -0.485 e. The third-order valence-electron chi connectivity index (χ3n) is 3.11. The van der Waals surface area contributed by atoms with Crippen molar-refractivity contribution in [3.63, 3.8) is 0 Å². The number of rotatable bonds is 5. The zero-order valence-electron chi connectivity index (χ0n) is 12.4. The first-order chi connectivity index (χ1) is 9.49. The summed E-state index contributed by atoms with van der Waals surface area (Å²) in [5, 5.41) is 14.0. The molecule has 0 aliphatic heterocycles. The van der Waals surface area contributed by atoms with Crippen LogP contribution in [0.25, 0.3) is 0 Å². The van der Waals surface area contributed by atoms with Gasteiger partial charge < -0.3 is 9.84 Å². The van der Waals surface area contributed by atoms with Gasteiger partial charge in [-0.25, -0.2) is 9.67 Å². The third-order valence-corrected chi connectivity index (χ3v) is 3.11. The summed E-state index contributed by atoms with van der Waals surface area (Å²) in [6, 6.07) is 6.03. The van der Waals surface area contributed by atoms with E-state index < -0.39 is 6.10 Å². The molecule has 0 unspecified atom stereocenters. The number of hydrogen-bond acceptors (Lipinski definition) is 4. The van der Waals surface area contributed by atoms with Crippen molar-refractivity contribution < 1.29 is 9.84 Å². The summed E-state index contributed by atoms with van der Waals surface area (Å²) in [6.07, 6.45) is 0.969. The van der Waals surface area contributed by atoms with Crippen LogP contribution in [0, 0.1) is 6.92 Å². The van der Waals surface area contributed by atoms with E-state index in [1.54, 1.807) is 6.92 Å². The lowest BCUT2D eigenvalue weighted by Crippen LogP contribution is -2.11. The molecule has 0 aliphatic carbocycles. The maximum atomic E-state index is 9.82. The van der Waals surface area contributed by atoms with Gasteiger partial charge in [-0.2, -0.15) is 5.10 Å². The Morgan fingerprint density at radius 2 is 2.05 bits per heavy atom. The number of nitrogens with zero attached hydrogens (tertiary/aromatic N) is 3. The van der Waals surface area contributed by atoms with E-state index in [0.717, 1.165) is 17.0 Å². The molecule has 108 valence electrons. The number of benzene rings is 1. The molecule has 0 saturated carbocycles. The number of hydrogen-bond donors (Lipinski definition) is 1. The van der Waals surface area contributed by atoms with E-state index in [1.165, 1.54) is 6.33 Å². The van der Waals surface area contributed by atoms with Crippen LogP contribution in [0.3, 0.4) is 0 Å². The molecule has 0 fully saturated rings. The summed E-state index contributed by atoms with van der Waals surface area (Å²) >= 11 is 0. The number of ether oxygens (including phenoxy) is 1. The van der Waals surface area contributed by atoms with Gasteiger partial charge in [0.15, 0.2) is 5.82 Å². The van der Waals surface area contributed by atoms with E-state index in [-0.39, 0.29) is 6.04 Å². The molecule has 0 bridgehead atoms. The maximum absolute atomic E-state index is 9.82. The van der Waals surface area contributed by atoms with E-state index in [2.05, 4.69) is 10.1 Å². The SMILES string of the molecule is Cc1ccc(OCc2ncnn2C(C)C)c([C@H](C)O)c1. The zero-order chi connectivity index (χ0) is 14.7. The van der Waals surface area contributed by atoms with Gasteiger partial charge in [0.1, 0.15) is 18.7 Å². The fourth-order valence-corrected chi connectivity index (χ4v) is 2.08. The monoisotopic (exact) mass is 275 g/mol. The Morgan fingerprint density at radius 1 is 1.30 bits per heavy atom. The predicted octanol–water partition coefficient (Wildman–Crippen LogP) is 2.80. The number of aromatic nitrogens is 3. The van der Waals surface area contributed by atoms with Gasteiger partial charge in [0.05, 0.1) is 6.10 Å². The first-order valence-corrected chi connectivity index (χ1v) is 6.79. The average molecular weight is 275 g/mol. The summed E-state index contributed by atoms with van der Waals surface area (Å²) in [5.74, 6) is 1.46. The van der Waals surface area contributed by atoms with Crippen LogP contribution in [0.2, 0.25) is 0 Å². The second-order valence-electron chi connectivity index (χ2n) is 5.22. The standard InChI is InChI=1S/C15H21N3O2/c1-10(2)18-15(16-9-17-18)8-20-14-6-5-11(3)7-13(14)12(4)19/h5-7,9-10,12,19H,8H2,1-4H3/t12-/m0/s1. The highest BCUT2D eigenvalue weighted by molar-refractivity contribution is 5.38. The molecule has 0 radical (unpaired) electrons. The van der Waals surface area contributed by atoms with Crippen molar-refractivity contribution in [2.45, 2.75) is 46.4 Å². The van der Waals surface area contributed by atoms with Gasteiger partial charge in [0, 0.05) is 11.6 Å². The predicted molar refractivity (Wildman–Crippen MR) is 76.6 cm³/mol. The zero-order valence-corrected chi connectivity index (χ0v) is 12.4. The summed E-state index contributed by atoms with van der Waals surface area (Å²) in [6.45, 7) is 8.15. The Labute approximate surface area is 119 Å². The molecular weight excluding hydrogens is 254 g/mol. The topological polar surface area (TPSA) is 60.2 Å². The lowest BCUT2D eigenvalue weighted by atomic mass is 10.1. The quantitative estimate of drug-likeness (QED) is 0.911. The molecule has 1 aromatic carbocycles. The second-order valence-corrected chi connectivity index (χ2v) is 5.22. The minimum atomic E-state index is -0.562. The Morgan fingerprint density at radius 3 is 2.70 bits per heavy atom. The van der Waals surface area contributed by atoms with Crippen LogP contribution in [0.4, 0.5) is 0 Å². The first-order valence-electron chi connectivity index (χ1n) is 6.79. The van der Waals surface area contributed by atoms with Gasteiger partial charge in [0.2, 0.25) is 0 Å². The van der Waals surface area contributed by atoms with Crippen LogP contribution in [0.1, 0.15) is 49.9 Å². The van der Waals surface area contributed by atoms with Crippen molar-refractivity contribution in [1.29, 1.82) is 0 Å². The van der Waals surface area contributed by atoms with Crippen LogP contribution in [-0.4, -0.2) is 19.9 Å². The molecule has 20 heavy (non-hydrogen) atoms. The van der Waals surface area contributed by atoms with E-state index in [4.69, 9.17) is 4.74 Å². The molecule has 1 N–H and O–H groups in total. The summed E-state index contributed by atoms with van der Waals surface area (Å²) in [7, 11) is 0. The van der Waals surface area contributed by atoms with E-state index in [0.29, 0.717) is 12.4 Å². The second kappa shape index (κ2) is 6.05. The highest BCUT2D eigenvalue weighted by atomic mass is 16.5. The van der Waals surface area contributed by atoms with Crippen LogP contribution >= 0.6 is 0 Å². The van der Waals surface area contributed by atoms with Crippen LogP contribution in [-0.2, 0) is 6.61 Å². The van der Waals surface area contributed by atoms with Crippen molar-refractivity contribution in [2.24, 2.45) is 0 Å². The molecule has 0 amide bonds. The Bertz CT molecular complexity index is 576. The summed E-state index contributed by atoms with van der Waals surface area (Å²) in [4.78, 5) is 4.21. The molecule has 0 saturated heterocycles. The smallest absolute Gasteiger partial charge is 0.165 e. The van der Waals surface area contributed by atoms with Crippen molar-refractivity contribution in [2.75, 3.05) is 0 Å². The lowest BCUT2D eigenvalue weighted by molar-refractivity contribution is 0.188. The van der Waals surface area contributed by atoms with Crippen LogP contribution < -0.4 is 4.74 Å². The molecule has 1 aromatic heterocycles. The van der Waals surface area contributed by atoms with Gasteiger partial charge in [-0.05, 0) is 39.8 Å². The molecule has 1 atom stereocenters. The minimum absolute atomic E-state index is 0.241. The van der Waals surface area contributed by atoms with Crippen LogP contribution in [0.5, 0.6) is 5.75 Å². The fraction of sp³-hybridized carbons (Fsp3) is 0.467. The van der Waals surface area contributed by atoms with E-state index in [1.807, 2.05) is 43.7 Å². The van der Waals surface area contributed by atoms with E-state index in [9.17, 15) is 5.11 Å². The maximum Gasteiger partial charge on any atom is 0.165 e. The van der Waals surface area contributed by atoms with Crippen molar-refractivity contribution in [3.05, 3.63) is 41.5 Å². The van der Waals surface area contributed by atoms with Crippen molar-refractivity contribution >= 4 is 0 Å². The van der Waals surface area contributed by atoms with Crippen molar-refractivity contribution in [1.82, 2.24) is 14.8 Å². The third kappa shape index (κ3) is 3.17. The number of aliphatic hydroxyl groups is 1. The average Bonchev–Trinajstić information content (AvgIpc) is 2.85. The first kappa shape index (κ1) is 14.5. The highest BCUT2D eigenvalue weighted by Crippen LogP contribution is 2.26. The number of aliphatic hydroxyl groups excluding tert-OH is 1. The normalized spacial score (nSPS) is 12.7. The van der Waals surface area contributed by atoms with Gasteiger partial charge in [0.25, 0.3) is 0 Å². The van der Waals surface area contributed by atoms with Gasteiger partial charge in [-0.15, -0.1) is 0 Å². The lowest BCUT2D eigenvalue weighted by Gasteiger charge is -2.15. The highest BCUT2D eigenvalue weighted by Gasteiger charge is 2.12. The Hall–Kier alpha value is -1.88. The van der Waals surface area contributed by atoms with Crippen LogP contribution in [0.15, 0.2) is 24.5 Å². The van der Waals surface area contributed by atoms with Gasteiger partial charge in [-0.3, -0.25) is 0 Å². The molecule has 1 heterocycles. The molecule has 0 spiro atoms. The summed E-state index contributed by atoms with van der Waals surface area (Å²) in [5.41, 5.74) is 1.89. The Kier molecular flexibility index (Phi) is 4.39. The summed E-state index contributed by atoms with van der Waals surface area (Å²) < 4.78 is 7.63.